The molecule has 0 aromatic heterocycles. The van der Waals surface area contributed by atoms with E-state index in [1.54, 1.807) is 12.1 Å². The minimum Gasteiger partial charge on any atom is -0.369 e. The number of piperazine rings is 1. The van der Waals surface area contributed by atoms with E-state index in [2.05, 4.69) is 15.1 Å². The average molecular weight is 465 g/mol. The van der Waals surface area contributed by atoms with Gasteiger partial charge in [0.15, 0.2) is 0 Å². The van der Waals surface area contributed by atoms with Crippen LogP contribution in [-0.2, 0) is 14.8 Å². The van der Waals surface area contributed by atoms with Gasteiger partial charge in [0.05, 0.1) is 11.4 Å². The Balaban J connectivity index is 1.51. The number of hydrogen-bond acceptors (Lipinski definition) is 5. The van der Waals surface area contributed by atoms with Crippen molar-refractivity contribution < 1.29 is 13.2 Å². The van der Waals surface area contributed by atoms with Gasteiger partial charge in [0.2, 0.25) is 15.9 Å². The van der Waals surface area contributed by atoms with Crippen LogP contribution in [0.15, 0.2) is 53.4 Å². The van der Waals surface area contributed by atoms with Crippen LogP contribution in [-0.4, -0.2) is 69.3 Å². The maximum absolute atomic E-state index is 12.6. The lowest BCUT2D eigenvalue weighted by Gasteiger charge is -2.35. The zero-order chi connectivity index (χ0) is 22.4. The molecule has 1 aliphatic heterocycles. The van der Waals surface area contributed by atoms with Crippen molar-refractivity contribution in [1.82, 2.24) is 9.21 Å². The Labute approximate surface area is 189 Å². The highest BCUT2D eigenvalue weighted by Crippen LogP contribution is 2.21. The standard InChI is InChI=1S/C22H29ClN4O3S/c1-3-27(4-2)31(29,30)21-10-8-19(9-11-21)24-22(28)17-25-12-14-26(15-13-25)20-7-5-6-18(23)16-20/h5-11,16H,3-4,12-15,17H2,1-2H3,(H,24,28). The number of nitrogens with zero attached hydrogens (tertiary/aromatic N) is 3. The lowest BCUT2D eigenvalue weighted by atomic mass is 10.2. The Kier molecular flexibility index (Phi) is 7.94. The van der Waals surface area contributed by atoms with Crippen LogP contribution in [0.5, 0.6) is 0 Å². The van der Waals surface area contributed by atoms with Crippen molar-refractivity contribution in [2.45, 2.75) is 18.7 Å². The number of rotatable bonds is 8. The maximum Gasteiger partial charge on any atom is 0.243 e. The summed E-state index contributed by atoms with van der Waals surface area (Å²) >= 11 is 6.08. The zero-order valence-electron chi connectivity index (χ0n) is 17.9. The summed E-state index contributed by atoms with van der Waals surface area (Å²) in [5.41, 5.74) is 1.68. The number of nitrogens with one attached hydrogen (secondary N) is 1. The van der Waals surface area contributed by atoms with E-state index in [9.17, 15) is 13.2 Å². The maximum atomic E-state index is 12.6. The number of amides is 1. The van der Waals surface area contributed by atoms with Crippen molar-refractivity contribution in [2.75, 3.05) is 56.0 Å². The highest BCUT2D eigenvalue weighted by atomic mass is 35.5. The van der Waals surface area contributed by atoms with Crippen LogP contribution in [0.25, 0.3) is 0 Å². The van der Waals surface area contributed by atoms with Crippen LogP contribution in [0, 0.1) is 0 Å². The first-order chi connectivity index (χ1) is 14.8. The summed E-state index contributed by atoms with van der Waals surface area (Å²) in [5.74, 6) is -0.115. The summed E-state index contributed by atoms with van der Waals surface area (Å²) in [5, 5.41) is 3.57. The van der Waals surface area contributed by atoms with Gasteiger partial charge in [-0.15, -0.1) is 0 Å². The molecule has 0 spiro atoms. The minimum absolute atomic E-state index is 0.115. The molecule has 1 N–H and O–H groups in total. The normalized spacial score (nSPS) is 15.3. The van der Waals surface area contributed by atoms with Gasteiger partial charge in [-0.1, -0.05) is 31.5 Å². The fraction of sp³-hybridized carbons (Fsp3) is 0.409. The fourth-order valence-corrected chi connectivity index (χ4v) is 5.31. The molecule has 0 saturated carbocycles. The van der Waals surface area contributed by atoms with E-state index in [4.69, 9.17) is 11.6 Å². The molecule has 0 atom stereocenters. The Morgan fingerprint density at radius 2 is 1.68 bits per heavy atom. The van der Waals surface area contributed by atoms with Crippen LogP contribution < -0.4 is 10.2 Å². The van der Waals surface area contributed by atoms with Crippen molar-refractivity contribution in [3.8, 4) is 0 Å². The zero-order valence-corrected chi connectivity index (χ0v) is 19.5. The van der Waals surface area contributed by atoms with Gasteiger partial charge in [-0.05, 0) is 42.5 Å². The molecule has 0 aliphatic carbocycles. The highest BCUT2D eigenvalue weighted by molar-refractivity contribution is 7.89. The van der Waals surface area contributed by atoms with E-state index in [0.29, 0.717) is 25.3 Å². The highest BCUT2D eigenvalue weighted by Gasteiger charge is 2.22. The number of carbonyl (C=O) groups is 1. The number of halogens is 1. The monoisotopic (exact) mass is 464 g/mol. The largest absolute Gasteiger partial charge is 0.369 e. The minimum atomic E-state index is -3.50. The van der Waals surface area contributed by atoms with Crippen LogP contribution >= 0.6 is 11.6 Å². The van der Waals surface area contributed by atoms with Gasteiger partial charge in [0.1, 0.15) is 0 Å². The first kappa shape index (κ1) is 23.5. The topological polar surface area (TPSA) is 73.0 Å². The van der Waals surface area contributed by atoms with Crippen LogP contribution in [0.4, 0.5) is 11.4 Å². The second-order valence-electron chi connectivity index (χ2n) is 7.40. The second-order valence-corrected chi connectivity index (χ2v) is 9.78. The molecule has 1 heterocycles. The van der Waals surface area contributed by atoms with Crippen molar-refractivity contribution in [3.63, 3.8) is 0 Å². The summed E-state index contributed by atoms with van der Waals surface area (Å²) < 4.78 is 26.5. The molecule has 1 fully saturated rings. The van der Waals surface area contributed by atoms with Gasteiger partial charge < -0.3 is 10.2 Å². The molecule has 31 heavy (non-hydrogen) atoms. The molecule has 1 amide bonds. The van der Waals surface area contributed by atoms with E-state index in [1.165, 1.54) is 16.4 Å². The molecule has 9 heteroatoms. The van der Waals surface area contributed by atoms with Crippen LogP contribution in [0.2, 0.25) is 5.02 Å². The van der Waals surface area contributed by atoms with E-state index in [-0.39, 0.29) is 10.8 Å². The lowest BCUT2D eigenvalue weighted by Crippen LogP contribution is -2.48. The molecule has 0 unspecified atom stereocenters. The number of carbonyl (C=O) groups excluding carboxylic acids is 1. The quantitative estimate of drug-likeness (QED) is 0.649. The Morgan fingerprint density at radius 1 is 1.03 bits per heavy atom. The summed E-state index contributed by atoms with van der Waals surface area (Å²) in [6.07, 6.45) is 0. The molecule has 1 aliphatic rings. The van der Waals surface area contributed by atoms with Crippen LogP contribution in [0.3, 0.4) is 0 Å². The van der Waals surface area contributed by atoms with E-state index < -0.39 is 10.0 Å². The molecule has 168 valence electrons. The molecular weight excluding hydrogens is 436 g/mol. The Bertz CT molecular complexity index is 986. The summed E-state index contributed by atoms with van der Waals surface area (Å²) in [6.45, 7) is 7.96. The van der Waals surface area contributed by atoms with Gasteiger partial charge in [0, 0.05) is 55.7 Å². The number of anilines is 2. The van der Waals surface area contributed by atoms with Crippen LogP contribution in [0.1, 0.15) is 13.8 Å². The van der Waals surface area contributed by atoms with Crippen molar-refractivity contribution in [1.29, 1.82) is 0 Å². The third-order valence-corrected chi connectivity index (χ3v) is 7.69. The Morgan fingerprint density at radius 3 is 2.26 bits per heavy atom. The third kappa shape index (κ3) is 5.98. The second kappa shape index (κ2) is 10.5. The predicted molar refractivity (Wildman–Crippen MR) is 125 cm³/mol. The van der Waals surface area contributed by atoms with Gasteiger partial charge in [-0.25, -0.2) is 8.42 Å². The van der Waals surface area contributed by atoms with Crippen molar-refractivity contribution in [2.24, 2.45) is 0 Å². The first-order valence-electron chi connectivity index (χ1n) is 10.5. The molecular formula is C22H29ClN4O3S. The predicted octanol–water partition coefficient (Wildman–Crippen LogP) is 3.13. The first-order valence-corrected chi connectivity index (χ1v) is 12.3. The lowest BCUT2D eigenvalue weighted by molar-refractivity contribution is -0.117. The van der Waals surface area contributed by atoms with E-state index >= 15 is 0 Å². The molecule has 3 rings (SSSR count). The molecule has 0 radical (unpaired) electrons. The SMILES string of the molecule is CCN(CC)S(=O)(=O)c1ccc(NC(=O)CN2CCN(c3cccc(Cl)c3)CC2)cc1. The number of benzene rings is 2. The van der Waals surface area contributed by atoms with Gasteiger partial charge >= 0.3 is 0 Å². The molecule has 2 aromatic rings. The van der Waals surface area contributed by atoms with Crippen molar-refractivity contribution >= 4 is 38.9 Å². The summed E-state index contributed by atoms with van der Waals surface area (Å²) in [7, 11) is -3.50. The van der Waals surface area contributed by atoms with Gasteiger partial charge in [-0.2, -0.15) is 4.31 Å². The van der Waals surface area contributed by atoms with Gasteiger partial charge in [0.25, 0.3) is 0 Å². The van der Waals surface area contributed by atoms with Gasteiger partial charge in [-0.3, -0.25) is 9.69 Å². The summed E-state index contributed by atoms with van der Waals surface area (Å²) in [6, 6.07) is 14.1. The molecule has 2 aromatic carbocycles. The Hall–Kier alpha value is -2.13. The smallest absolute Gasteiger partial charge is 0.243 e. The van der Waals surface area contributed by atoms with Crippen molar-refractivity contribution in [3.05, 3.63) is 53.6 Å². The average Bonchev–Trinajstić information content (AvgIpc) is 2.75. The van der Waals surface area contributed by atoms with E-state index in [0.717, 1.165) is 36.9 Å². The number of sulfonamides is 1. The molecule has 0 bridgehead atoms. The van der Waals surface area contributed by atoms with E-state index in [1.807, 2.05) is 38.1 Å². The molecule has 1 saturated heterocycles. The third-order valence-electron chi connectivity index (χ3n) is 5.39. The fourth-order valence-electron chi connectivity index (χ4n) is 3.66. The molecule has 7 nitrogen and oxygen atoms in total. The number of hydrogen-bond donors (Lipinski definition) is 1. The summed E-state index contributed by atoms with van der Waals surface area (Å²) in [4.78, 5) is 17.0.